The van der Waals surface area contributed by atoms with Gasteiger partial charge in [-0.2, -0.15) is 9.41 Å². The first-order valence-electron chi connectivity index (χ1n) is 15.1. The van der Waals surface area contributed by atoms with E-state index in [0.29, 0.717) is 29.7 Å². The van der Waals surface area contributed by atoms with Crippen molar-refractivity contribution >= 4 is 54.0 Å². The number of carbonyl (C=O) groups is 1. The molecule has 1 amide bonds. The minimum absolute atomic E-state index is 0.0958. The Labute approximate surface area is 290 Å². The van der Waals surface area contributed by atoms with Gasteiger partial charge in [0.1, 0.15) is 12.4 Å². The Balaban J connectivity index is 1.43. The molecule has 6 N–H and O–H groups in total. The number of ether oxygens (including phenoxy) is 2. The third kappa shape index (κ3) is 10.6. The maximum atomic E-state index is 13.4. The molecule has 50 heavy (non-hydrogen) atoms. The monoisotopic (exact) mass is 759 g/mol. The quantitative estimate of drug-likeness (QED) is 0.0473. The number of anilines is 1. The minimum Gasteiger partial charge on any atom is -0.494 e. The molecule has 0 saturated heterocycles. The SMILES string of the molecule is CN(CCCOc1cccc(/C=N/NC(=O)OCCN(C)S(=O)(=O)c2cccc3c(N(C)C)cccc23)c1)CCC(O)(P(=O)(O)O)P(=O)(O)O. The molecular weight excluding hydrogens is 716 g/mol. The summed E-state index contributed by atoms with van der Waals surface area (Å²) < 4.78 is 61.6. The van der Waals surface area contributed by atoms with Crippen LogP contribution in [0.4, 0.5) is 10.5 Å². The molecule has 3 aromatic rings. The van der Waals surface area contributed by atoms with Crippen LogP contribution >= 0.6 is 15.2 Å². The average Bonchev–Trinajstić information content (AvgIpc) is 3.04. The van der Waals surface area contributed by atoms with Crippen LogP contribution in [0, 0.1) is 0 Å². The third-order valence-corrected chi connectivity index (χ3v) is 13.4. The van der Waals surface area contributed by atoms with E-state index in [4.69, 9.17) is 9.47 Å². The molecule has 0 bridgehead atoms. The van der Waals surface area contributed by atoms with Crippen LogP contribution in [0.1, 0.15) is 18.4 Å². The van der Waals surface area contributed by atoms with Crippen molar-refractivity contribution in [1.82, 2.24) is 14.6 Å². The number of hydrogen-bond donors (Lipinski definition) is 6. The van der Waals surface area contributed by atoms with E-state index in [9.17, 15) is 47.0 Å². The summed E-state index contributed by atoms with van der Waals surface area (Å²) in [7, 11) is -8.20. The van der Waals surface area contributed by atoms with Crippen molar-refractivity contribution in [3.05, 3.63) is 66.2 Å². The average molecular weight is 760 g/mol. The number of sulfonamides is 1. The number of aliphatic hydroxyl groups is 1. The number of hydrogen-bond acceptors (Lipinski definition) is 11. The molecule has 0 aliphatic carbocycles. The number of amides is 1. The van der Waals surface area contributed by atoms with Gasteiger partial charge in [0.15, 0.2) is 0 Å². The zero-order chi connectivity index (χ0) is 37.3. The molecule has 0 unspecified atom stereocenters. The van der Waals surface area contributed by atoms with Gasteiger partial charge in [0.2, 0.25) is 10.0 Å². The lowest BCUT2D eigenvalue weighted by molar-refractivity contribution is 0.111. The predicted molar refractivity (Wildman–Crippen MR) is 188 cm³/mol. The standard InChI is InChI=1S/C30H43N5O12P2S/c1-33(2)27-13-6-12-26-25(27)11-7-14-28(26)50(44,45)35(4)18-20-47-29(36)32-31-22-23-9-5-10-24(21-23)46-19-8-16-34(3)17-15-30(37,48(38,39)40)49(41,42)43/h5-7,9-14,21-22,37H,8,15-20H2,1-4H3,(H,32,36)(H2,38,39,40)(H2,41,42,43)/b31-22+. The fraction of sp³-hybridized carbons (Fsp3) is 0.400. The second kappa shape index (κ2) is 17.2. The first-order chi connectivity index (χ1) is 23.3. The summed E-state index contributed by atoms with van der Waals surface area (Å²) in [6.07, 6.45) is 0.0569. The Bertz CT molecular complexity index is 1840. The minimum atomic E-state index is -5.51. The lowest BCUT2D eigenvalue weighted by atomic mass is 10.1. The molecule has 0 atom stereocenters. The van der Waals surface area contributed by atoms with Gasteiger partial charge in [-0.25, -0.2) is 18.6 Å². The first-order valence-corrected chi connectivity index (χ1v) is 19.8. The van der Waals surface area contributed by atoms with E-state index in [1.54, 1.807) is 49.5 Å². The molecule has 17 nitrogen and oxygen atoms in total. The summed E-state index contributed by atoms with van der Waals surface area (Å²) in [4.78, 5) is 52.8. The second-order valence-electron chi connectivity index (χ2n) is 11.5. The highest BCUT2D eigenvalue weighted by molar-refractivity contribution is 7.89. The number of likely N-dealkylation sites (N-methyl/N-ethyl adjacent to an activating group) is 1. The first kappa shape index (κ1) is 41.0. The molecule has 0 heterocycles. The Morgan fingerprint density at radius 2 is 1.54 bits per heavy atom. The second-order valence-corrected chi connectivity index (χ2v) is 17.6. The van der Waals surface area contributed by atoms with Gasteiger partial charge in [-0.15, -0.1) is 0 Å². The summed E-state index contributed by atoms with van der Waals surface area (Å²) in [5.74, 6) is 0.477. The molecular formula is C30H43N5O12P2S. The highest BCUT2D eigenvalue weighted by atomic mass is 32.2. The summed E-state index contributed by atoms with van der Waals surface area (Å²) in [5, 5.41) is 11.8. The number of hydrazone groups is 1. The summed E-state index contributed by atoms with van der Waals surface area (Å²) >= 11 is 0. The van der Waals surface area contributed by atoms with Crippen LogP contribution in [-0.4, -0.2) is 121 Å². The topological polar surface area (TPSA) is 239 Å². The van der Waals surface area contributed by atoms with E-state index in [0.717, 1.165) is 15.4 Å². The van der Waals surface area contributed by atoms with E-state index in [1.807, 2.05) is 31.1 Å². The van der Waals surface area contributed by atoms with Crippen molar-refractivity contribution in [2.45, 2.75) is 22.8 Å². The normalized spacial score (nSPS) is 12.9. The molecule has 0 aliphatic rings. The van der Waals surface area contributed by atoms with Gasteiger partial charge in [0.05, 0.1) is 17.7 Å². The van der Waals surface area contributed by atoms with Gasteiger partial charge in [-0.3, -0.25) is 9.13 Å². The van der Waals surface area contributed by atoms with Crippen LogP contribution in [0.15, 0.2) is 70.7 Å². The van der Waals surface area contributed by atoms with E-state index in [-0.39, 0.29) is 31.2 Å². The summed E-state index contributed by atoms with van der Waals surface area (Å²) in [6.45, 7) is 0.0264. The number of carbonyl (C=O) groups excluding carboxylic acids is 1. The molecule has 0 fully saturated rings. The number of nitrogens with one attached hydrogen (secondary N) is 1. The molecule has 0 aromatic heterocycles. The lowest BCUT2D eigenvalue weighted by Gasteiger charge is -2.30. The fourth-order valence-corrected chi connectivity index (χ4v) is 8.25. The van der Waals surface area contributed by atoms with Crippen molar-refractivity contribution < 1.29 is 56.5 Å². The van der Waals surface area contributed by atoms with E-state index in [2.05, 4.69) is 10.5 Å². The number of benzene rings is 3. The zero-order valence-electron chi connectivity index (χ0n) is 28.0. The lowest BCUT2D eigenvalue weighted by Crippen LogP contribution is -2.34. The maximum Gasteiger partial charge on any atom is 0.427 e. The maximum absolute atomic E-state index is 13.4. The highest BCUT2D eigenvalue weighted by Gasteiger charge is 2.58. The molecule has 20 heteroatoms. The predicted octanol–water partition coefficient (Wildman–Crippen LogP) is 2.38. The number of nitrogens with zero attached hydrogens (tertiary/aromatic N) is 4. The number of rotatable bonds is 18. The van der Waals surface area contributed by atoms with Crippen LogP contribution < -0.4 is 15.1 Å². The molecule has 3 rings (SSSR count). The van der Waals surface area contributed by atoms with Gasteiger partial charge >= 0.3 is 21.3 Å². The van der Waals surface area contributed by atoms with Gasteiger partial charge in [0.25, 0.3) is 5.08 Å². The van der Waals surface area contributed by atoms with Gasteiger partial charge in [-0.1, -0.05) is 36.4 Å². The molecule has 0 aliphatic heterocycles. The highest BCUT2D eigenvalue weighted by Crippen LogP contribution is 2.68. The molecule has 3 aromatic carbocycles. The van der Waals surface area contributed by atoms with Crippen LogP contribution in [-0.2, 0) is 23.9 Å². The fourth-order valence-electron chi connectivity index (χ4n) is 4.75. The van der Waals surface area contributed by atoms with Crippen LogP contribution in [0.25, 0.3) is 10.8 Å². The Kier molecular flexibility index (Phi) is 14.1. The molecule has 0 saturated carbocycles. The Hall–Kier alpha value is -3.41. The molecule has 0 spiro atoms. The Morgan fingerprint density at radius 3 is 2.20 bits per heavy atom. The van der Waals surface area contributed by atoms with Gasteiger partial charge < -0.3 is 44.0 Å². The van der Waals surface area contributed by atoms with Crippen LogP contribution in [0.2, 0.25) is 0 Å². The van der Waals surface area contributed by atoms with Gasteiger partial charge in [0, 0.05) is 63.7 Å². The van der Waals surface area contributed by atoms with Crippen molar-refractivity contribution in [2.75, 3.05) is 65.9 Å². The third-order valence-electron chi connectivity index (χ3n) is 7.61. The summed E-state index contributed by atoms with van der Waals surface area (Å²) in [6, 6.07) is 17.3. The van der Waals surface area contributed by atoms with Crippen LogP contribution in [0.3, 0.4) is 0 Å². The van der Waals surface area contributed by atoms with E-state index < -0.39 is 42.8 Å². The Morgan fingerprint density at radius 1 is 0.900 bits per heavy atom. The van der Waals surface area contributed by atoms with Gasteiger partial charge in [-0.05, 0) is 43.3 Å². The van der Waals surface area contributed by atoms with E-state index >= 15 is 0 Å². The van der Waals surface area contributed by atoms with Crippen LogP contribution in [0.5, 0.6) is 5.75 Å². The molecule has 0 radical (unpaired) electrons. The smallest absolute Gasteiger partial charge is 0.427 e. The number of fused-ring (bicyclic) bond motifs is 1. The summed E-state index contributed by atoms with van der Waals surface area (Å²) in [5.41, 5.74) is 3.67. The van der Waals surface area contributed by atoms with Crippen molar-refractivity contribution in [1.29, 1.82) is 0 Å². The van der Waals surface area contributed by atoms with Crippen molar-refractivity contribution in [3.8, 4) is 5.75 Å². The van der Waals surface area contributed by atoms with Crippen molar-refractivity contribution in [3.63, 3.8) is 0 Å². The molecule has 276 valence electrons. The largest absolute Gasteiger partial charge is 0.494 e. The zero-order valence-corrected chi connectivity index (χ0v) is 30.6. The van der Waals surface area contributed by atoms with Crippen molar-refractivity contribution in [2.24, 2.45) is 5.10 Å². The van der Waals surface area contributed by atoms with E-state index in [1.165, 1.54) is 24.2 Å².